The summed E-state index contributed by atoms with van der Waals surface area (Å²) in [7, 11) is 0. The number of nitrogens with one attached hydrogen (secondary N) is 1. The number of aromatic nitrogens is 1. The van der Waals surface area contributed by atoms with Gasteiger partial charge in [-0.3, -0.25) is 9.59 Å². The Labute approximate surface area is 125 Å². The minimum Gasteiger partial charge on any atom is -0.324 e. The quantitative estimate of drug-likeness (QED) is 0.937. The Morgan fingerprint density at radius 2 is 1.90 bits per heavy atom. The summed E-state index contributed by atoms with van der Waals surface area (Å²) in [6, 6.07) is 10.1. The van der Waals surface area contributed by atoms with E-state index in [1.165, 1.54) is 10.6 Å². The van der Waals surface area contributed by atoms with E-state index in [2.05, 4.69) is 21.2 Å². The first-order valence-corrected chi connectivity index (χ1v) is 7.02. The monoisotopic (exact) mass is 334 g/mol. The van der Waals surface area contributed by atoms with Crippen molar-refractivity contribution in [3.05, 3.63) is 63.0 Å². The predicted octanol–water partition coefficient (Wildman–Crippen LogP) is 3.12. The average molecular weight is 335 g/mol. The van der Waals surface area contributed by atoms with Crippen molar-refractivity contribution in [1.82, 2.24) is 4.57 Å². The molecule has 2 aromatic rings. The molecule has 0 saturated heterocycles. The zero-order valence-corrected chi connectivity index (χ0v) is 12.8. The first kappa shape index (κ1) is 14.5. The molecular weight excluding hydrogens is 320 g/mol. The van der Waals surface area contributed by atoms with E-state index in [0.29, 0.717) is 5.69 Å². The second-order valence-electron chi connectivity index (χ2n) is 4.62. The minimum absolute atomic E-state index is 0.177. The van der Waals surface area contributed by atoms with Gasteiger partial charge in [0.15, 0.2) is 0 Å². The Kier molecular flexibility index (Phi) is 4.39. The molecule has 1 amide bonds. The van der Waals surface area contributed by atoms with Gasteiger partial charge in [0.2, 0.25) is 5.91 Å². The van der Waals surface area contributed by atoms with E-state index in [9.17, 15) is 9.59 Å². The van der Waals surface area contributed by atoms with Crippen LogP contribution in [0.5, 0.6) is 0 Å². The summed E-state index contributed by atoms with van der Waals surface area (Å²) in [6.07, 6.45) is 1.64. The molecule has 2 rings (SSSR count). The van der Waals surface area contributed by atoms with Gasteiger partial charge in [0, 0.05) is 22.4 Å². The highest BCUT2D eigenvalue weighted by atomic mass is 79.9. The van der Waals surface area contributed by atoms with E-state index >= 15 is 0 Å². The summed E-state index contributed by atoms with van der Waals surface area (Å²) >= 11 is 3.34. The van der Waals surface area contributed by atoms with E-state index in [1.54, 1.807) is 25.3 Å². The van der Waals surface area contributed by atoms with Crippen molar-refractivity contribution in [2.24, 2.45) is 0 Å². The van der Waals surface area contributed by atoms with Crippen LogP contribution < -0.4 is 10.9 Å². The van der Waals surface area contributed by atoms with Crippen LogP contribution in [0.25, 0.3) is 0 Å². The van der Waals surface area contributed by atoms with E-state index < -0.39 is 6.04 Å². The molecule has 0 fully saturated rings. The number of amides is 1. The third-order valence-corrected chi connectivity index (χ3v) is 3.54. The van der Waals surface area contributed by atoms with Crippen LogP contribution in [0.1, 0.15) is 18.5 Å². The average Bonchev–Trinajstić information content (AvgIpc) is 2.40. The molecule has 1 atom stereocenters. The number of aryl methyl sites for hydroxylation is 1. The number of rotatable bonds is 3. The lowest BCUT2D eigenvalue weighted by atomic mass is 10.2. The SMILES string of the molecule is Cc1ccn(C(C)C(=O)Nc2ccc(Br)cc2)c(=O)c1. The molecule has 104 valence electrons. The van der Waals surface area contributed by atoms with Gasteiger partial charge in [0.05, 0.1) is 0 Å². The predicted molar refractivity (Wildman–Crippen MR) is 82.9 cm³/mol. The van der Waals surface area contributed by atoms with Crippen LogP contribution in [0.2, 0.25) is 0 Å². The highest BCUT2D eigenvalue weighted by Crippen LogP contribution is 2.15. The zero-order valence-electron chi connectivity index (χ0n) is 11.3. The van der Waals surface area contributed by atoms with Gasteiger partial charge in [-0.1, -0.05) is 15.9 Å². The summed E-state index contributed by atoms with van der Waals surface area (Å²) in [4.78, 5) is 24.0. The lowest BCUT2D eigenvalue weighted by molar-refractivity contribution is -0.118. The normalized spacial score (nSPS) is 11.9. The summed E-state index contributed by atoms with van der Waals surface area (Å²) in [5.74, 6) is -0.224. The summed E-state index contributed by atoms with van der Waals surface area (Å²) in [6.45, 7) is 3.54. The van der Waals surface area contributed by atoms with Gasteiger partial charge in [0.1, 0.15) is 6.04 Å². The van der Waals surface area contributed by atoms with Gasteiger partial charge >= 0.3 is 0 Å². The molecule has 0 radical (unpaired) electrons. The zero-order chi connectivity index (χ0) is 14.7. The van der Waals surface area contributed by atoms with Gasteiger partial charge < -0.3 is 9.88 Å². The van der Waals surface area contributed by atoms with Crippen LogP contribution >= 0.6 is 15.9 Å². The fraction of sp³-hybridized carbons (Fsp3) is 0.200. The number of hydrogen-bond donors (Lipinski definition) is 1. The highest BCUT2D eigenvalue weighted by Gasteiger charge is 2.15. The standard InChI is InChI=1S/C15H15BrN2O2/c1-10-7-8-18(14(19)9-10)11(2)15(20)17-13-5-3-12(16)4-6-13/h3-9,11H,1-2H3,(H,17,20). The smallest absolute Gasteiger partial charge is 0.251 e. The Balaban J connectivity index is 2.16. The lowest BCUT2D eigenvalue weighted by Crippen LogP contribution is -2.31. The van der Waals surface area contributed by atoms with Gasteiger partial charge in [-0.15, -0.1) is 0 Å². The van der Waals surface area contributed by atoms with Crippen LogP contribution in [0, 0.1) is 6.92 Å². The van der Waals surface area contributed by atoms with Gasteiger partial charge in [-0.05, 0) is 49.7 Å². The maximum atomic E-state index is 12.2. The number of anilines is 1. The fourth-order valence-corrected chi connectivity index (χ4v) is 2.08. The van der Waals surface area contributed by atoms with Crippen LogP contribution in [0.4, 0.5) is 5.69 Å². The Morgan fingerprint density at radius 3 is 2.50 bits per heavy atom. The van der Waals surface area contributed by atoms with Crippen LogP contribution in [0.15, 0.2) is 51.9 Å². The van der Waals surface area contributed by atoms with Gasteiger partial charge in [-0.25, -0.2) is 0 Å². The summed E-state index contributed by atoms with van der Waals surface area (Å²) in [5.41, 5.74) is 1.40. The highest BCUT2D eigenvalue weighted by molar-refractivity contribution is 9.10. The second-order valence-corrected chi connectivity index (χ2v) is 5.54. The van der Waals surface area contributed by atoms with Crippen molar-refractivity contribution in [3.8, 4) is 0 Å². The first-order valence-electron chi connectivity index (χ1n) is 6.22. The fourth-order valence-electron chi connectivity index (χ4n) is 1.81. The van der Waals surface area contributed by atoms with Crippen LogP contribution in [-0.2, 0) is 4.79 Å². The molecule has 0 bridgehead atoms. The molecule has 1 unspecified atom stereocenters. The van der Waals surface area contributed by atoms with Gasteiger partial charge in [-0.2, -0.15) is 0 Å². The van der Waals surface area contributed by atoms with Crippen LogP contribution in [0.3, 0.4) is 0 Å². The number of halogens is 1. The number of hydrogen-bond acceptors (Lipinski definition) is 2. The van der Waals surface area contributed by atoms with Crippen LogP contribution in [-0.4, -0.2) is 10.5 Å². The molecule has 4 nitrogen and oxygen atoms in total. The third kappa shape index (κ3) is 3.36. The number of nitrogens with zero attached hydrogens (tertiary/aromatic N) is 1. The van der Waals surface area contributed by atoms with Crippen molar-refractivity contribution in [2.45, 2.75) is 19.9 Å². The Bertz CT molecular complexity index is 677. The number of benzene rings is 1. The van der Waals surface area contributed by atoms with E-state index in [-0.39, 0.29) is 11.5 Å². The molecule has 20 heavy (non-hydrogen) atoms. The van der Waals surface area contributed by atoms with E-state index in [1.807, 2.05) is 25.1 Å². The summed E-state index contributed by atoms with van der Waals surface area (Å²) in [5, 5.41) is 2.79. The molecule has 0 saturated carbocycles. The third-order valence-electron chi connectivity index (χ3n) is 3.01. The van der Waals surface area contributed by atoms with E-state index in [4.69, 9.17) is 0 Å². The molecular formula is C15H15BrN2O2. The molecule has 1 aromatic heterocycles. The van der Waals surface area contributed by atoms with Crippen molar-refractivity contribution < 1.29 is 4.79 Å². The van der Waals surface area contributed by atoms with E-state index in [0.717, 1.165) is 10.0 Å². The first-order chi connectivity index (χ1) is 9.47. The number of carbonyl (C=O) groups is 1. The molecule has 1 N–H and O–H groups in total. The molecule has 1 aromatic carbocycles. The molecule has 1 heterocycles. The maximum absolute atomic E-state index is 12.2. The molecule has 5 heteroatoms. The molecule has 0 aliphatic heterocycles. The lowest BCUT2D eigenvalue weighted by Gasteiger charge is -2.15. The maximum Gasteiger partial charge on any atom is 0.251 e. The molecule has 0 aliphatic carbocycles. The molecule has 0 spiro atoms. The van der Waals surface area contributed by atoms with Gasteiger partial charge in [0.25, 0.3) is 5.56 Å². The number of carbonyl (C=O) groups excluding carboxylic acids is 1. The van der Waals surface area contributed by atoms with Crippen molar-refractivity contribution in [1.29, 1.82) is 0 Å². The minimum atomic E-state index is -0.563. The Morgan fingerprint density at radius 1 is 1.25 bits per heavy atom. The topological polar surface area (TPSA) is 51.1 Å². The van der Waals surface area contributed by atoms with Crippen molar-refractivity contribution in [3.63, 3.8) is 0 Å². The Hall–Kier alpha value is -1.88. The van der Waals surface area contributed by atoms with Crippen molar-refractivity contribution >= 4 is 27.5 Å². The largest absolute Gasteiger partial charge is 0.324 e. The summed E-state index contributed by atoms with van der Waals surface area (Å²) < 4.78 is 2.36. The second kappa shape index (κ2) is 6.05. The molecule has 0 aliphatic rings. The number of pyridine rings is 1. The van der Waals surface area contributed by atoms with Crippen molar-refractivity contribution in [2.75, 3.05) is 5.32 Å².